The number of aliphatic imine (C=N–C) groups is 1. The van der Waals surface area contributed by atoms with E-state index < -0.39 is 0 Å². The smallest absolute Gasteiger partial charge is 0.291 e. The van der Waals surface area contributed by atoms with E-state index in [1.165, 1.54) is 43.6 Å². The largest absolute Gasteiger partial charge is 0.479 e. The number of fused-ring (bicyclic) bond motifs is 3. The molecule has 1 N–H and O–H groups in total. The van der Waals surface area contributed by atoms with Crippen LogP contribution in [0.1, 0.15) is 12.8 Å². The Hall–Kier alpha value is -2.00. The Balaban J connectivity index is 1.36. The molecule has 2 aromatic heterocycles. The normalized spacial score (nSPS) is 31.3. The van der Waals surface area contributed by atoms with E-state index in [4.69, 9.17) is 9.47 Å². The summed E-state index contributed by atoms with van der Waals surface area (Å²) in [6.45, 7) is 4.08. The predicted molar refractivity (Wildman–Crippen MR) is 90.7 cm³/mol. The molecule has 0 unspecified atom stereocenters. The van der Waals surface area contributed by atoms with Crippen molar-refractivity contribution in [2.75, 3.05) is 38.6 Å². The van der Waals surface area contributed by atoms with Crippen LogP contribution in [0.3, 0.4) is 0 Å². The van der Waals surface area contributed by atoms with Crippen molar-refractivity contribution in [3.05, 3.63) is 6.33 Å². The number of aromatic nitrogens is 3. The molecule has 0 amide bonds. The number of nitrogens with zero attached hydrogens (tertiary/aromatic N) is 5. The van der Waals surface area contributed by atoms with Gasteiger partial charge in [0, 0.05) is 12.5 Å². The summed E-state index contributed by atoms with van der Waals surface area (Å²) in [5.74, 6) is 1.08. The van der Waals surface area contributed by atoms with E-state index in [1.54, 1.807) is 7.11 Å². The molecule has 4 aliphatic rings. The lowest BCUT2D eigenvalue weighted by molar-refractivity contribution is -0.0829. The molecule has 1 atom stereocenters. The maximum Gasteiger partial charge on any atom is 0.291 e. The van der Waals surface area contributed by atoms with Gasteiger partial charge in [-0.15, -0.1) is 0 Å². The summed E-state index contributed by atoms with van der Waals surface area (Å²) < 4.78 is 11.5. The fraction of sp³-hybridized carbons (Fsp3) is 0.600. The first kappa shape index (κ1) is 14.4. The molecular formula is C15H18N6O2S. The summed E-state index contributed by atoms with van der Waals surface area (Å²) in [6, 6.07) is 0.565. The molecule has 0 saturated carbocycles. The van der Waals surface area contributed by atoms with Crippen LogP contribution >= 0.6 is 11.3 Å². The first-order valence-electron chi connectivity index (χ1n) is 8.14. The Labute approximate surface area is 142 Å². The van der Waals surface area contributed by atoms with Crippen LogP contribution in [0.5, 0.6) is 5.88 Å². The molecule has 126 valence electrons. The minimum Gasteiger partial charge on any atom is -0.479 e. The molecule has 0 aromatic carbocycles. The van der Waals surface area contributed by atoms with Gasteiger partial charge in [0.15, 0.2) is 15.5 Å². The average Bonchev–Trinajstić information content (AvgIpc) is 3.19. The summed E-state index contributed by atoms with van der Waals surface area (Å²) in [5.41, 5.74) is 0.510. The summed E-state index contributed by atoms with van der Waals surface area (Å²) >= 11 is 1.44. The number of anilines is 1. The number of nitrogens with one attached hydrogen (secondary N) is 1. The second-order valence-electron chi connectivity index (χ2n) is 6.52. The number of amidine groups is 1. The van der Waals surface area contributed by atoms with Gasteiger partial charge in [-0.2, -0.15) is 4.98 Å². The van der Waals surface area contributed by atoms with Crippen LogP contribution in [0.25, 0.3) is 10.3 Å². The van der Waals surface area contributed by atoms with Gasteiger partial charge in [-0.05, 0) is 25.9 Å². The van der Waals surface area contributed by atoms with E-state index in [1.807, 2.05) is 0 Å². The number of piperidine rings is 3. The van der Waals surface area contributed by atoms with Crippen LogP contribution in [0.4, 0.5) is 5.13 Å². The number of hydrogen-bond acceptors (Lipinski definition) is 9. The molecule has 3 saturated heterocycles. The first-order valence-corrected chi connectivity index (χ1v) is 8.96. The summed E-state index contributed by atoms with van der Waals surface area (Å²) in [5, 5.41) is 3.90. The highest BCUT2D eigenvalue weighted by molar-refractivity contribution is 7.22. The maximum atomic E-state index is 6.28. The lowest BCUT2D eigenvalue weighted by Crippen LogP contribution is -2.61. The van der Waals surface area contributed by atoms with E-state index in [9.17, 15) is 0 Å². The number of methoxy groups -OCH3 is 1. The molecule has 6 heterocycles. The molecule has 2 aromatic rings. The third-order valence-corrected chi connectivity index (χ3v) is 6.06. The van der Waals surface area contributed by atoms with Crippen LogP contribution in [0.15, 0.2) is 11.3 Å². The minimum atomic E-state index is -0.146. The lowest BCUT2D eigenvalue weighted by Gasteiger charge is -2.50. The molecule has 24 heavy (non-hydrogen) atoms. The molecule has 8 nitrogen and oxygen atoms in total. The minimum absolute atomic E-state index is 0.146. The Morgan fingerprint density at radius 1 is 1.38 bits per heavy atom. The van der Waals surface area contributed by atoms with Crippen molar-refractivity contribution in [3.8, 4) is 5.88 Å². The Morgan fingerprint density at radius 2 is 2.25 bits per heavy atom. The highest BCUT2D eigenvalue weighted by Crippen LogP contribution is 2.41. The Morgan fingerprint density at radius 3 is 3.00 bits per heavy atom. The van der Waals surface area contributed by atoms with E-state index in [0.717, 1.165) is 17.9 Å². The van der Waals surface area contributed by atoms with Gasteiger partial charge < -0.3 is 9.47 Å². The first-order chi connectivity index (χ1) is 11.8. The van der Waals surface area contributed by atoms with E-state index >= 15 is 0 Å². The highest BCUT2D eigenvalue weighted by atomic mass is 32.1. The lowest BCUT2D eigenvalue weighted by atomic mass is 9.75. The Bertz CT molecular complexity index is 815. The molecule has 1 spiro atoms. The number of ether oxygens (including phenoxy) is 2. The second-order valence-corrected chi connectivity index (χ2v) is 7.50. The fourth-order valence-corrected chi connectivity index (χ4v) is 4.76. The topological polar surface area (TPSA) is 84.8 Å². The van der Waals surface area contributed by atoms with Gasteiger partial charge in [0.25, 0.3) is 6.02 Å². The van der Waals surface area contributed by atoms with Crippen LogP contribution in [0.2, 0.25) is 0 Å². The van der Waals surface area contributed by atoms with Crippen LogP contribution < -0.4 is 10.1 Å². The quantitative estimate of drug-likeness (QED) is 0.879. The third kappa shape index (κ3) is 2.15. The number of rotatable bonds is 2. The van der Waals surface area contributed by atoms with Gasteiger partial charge in [-0.1, -0.05) is 11.3 Å². The third-order valence-electron chi connectivity index (χ3n) is 5.18. The predicted octanol–water partition coefficient (Wildman–Crippen LogP) is 1.36. The van der Waals surface area contributed by atoms with Gasteiger partial charge in [-0.3, -0.25) is 10.2 Å². The molecule has 4 aliphatic heterocycles. The van der Waals surface area contributed by atoms with Gasteiger partial charge in [-0.25, -0.2) is 15.0 Å². The van der Waals surface area contributed by atoms with Gasteiger partial charge >= 0.3 is 0 Å². The van der Waals surface area contributed by atoms with E-state index in [-0.39, 0.29) is 5.60 Å². The van der Waals surface area contributed by atoms with Crippen molar-refractivity contribution in [2.24, 2.45) is 10.9 Å². The summed E-state index contributed by atoms with van der Waals surface area (Å²) in [7, 11) is 1.58. The van der Waals surface area contributed by atoms with E-state index in [0.29, 0.717) is 28.5 Å². The molecular weight excluding hydrogens is 328 g/mol. The van der Waals surface area contributed by atoms with Gasteiger partial charge in [0.1, 0.15) is 11.9 Å². The number of thiazole rings is 1. The monoisotopic (exact) mass is 346 g/mol. The zero-order chi connectivity index (χ0) is 16.1. The molecule has 0 radical (unpaired) electrons. The van der Waals surface area contributed by atoms with Crippen LogP contribution in [-0.4, -0.2) is 64.8 Å². The second kappa shape index (κ2) is 5.25. The molecule has 0 aliphatic carbocycles. The van der Waals surface area contributed by atoms with Crippen LogP contribution in [0, 0.1) is 5.92 Å². The number of hydrogen-bond donors (Lipinski definition) is 1. The molecule has 9 heteroatoms. The van der Waals surface area contributed by atoms with Gasteiger partial charge in [0.2, 0.25) is 5.88 Å². The van der Waals surface area contributed by atoms with E-state index in [2.05, 4.69) is 30.2 Å². The summed E-state index contributed by atoms with van der Waals surface area (Å²) in [6.07, 6.45) is 3.89. The standard InChI is InChI=1S/C15H18N6O2S/c1-22-11-10-12(18-8-17-11)24-14(19-10)20-13-16-6-15(23-13)7-21-4-2-9(15)3-5-21/h8-9H,2-7H2,1H3,(H,16,19,20)/t15-/m0/s1. The maximum absolute atomic E-state index is 6.28. The van der Waals surface area contributed by atoms with Crippen molar-refractivity contribution < 1.29 is 9.47 Å². The van der Waals surface area contributed by atoms with Crippen LogP contribution in [-0.2, 0) is 4.74 Å². The van der Waals surface area contributed by atoms with Gasteiger partial charge in [0.05, 0.1) is 13.7 Å². The zero-order valence-electron chi connectivity index (χ0n) is 13.4. The SMILES string of the molecule is COc1ncnc2sc(NC3=NC[C@@]4(CN5CCC4CC5)O3)nc12. The van der Waals surface area contributed by atoms with Crippen molar-refractivity contribution >= 4 is 32.8 Å². The zero-order valence-corrected chi connectivity index (χ0v) is 14.2. The fourth-order valence-electron chi connectivity index (χ4n) is 3.98. The highest BCUT2D eigenvalue weighted by Gasteiger charge is 2.51. The summed E-state index contributed by atoms with van der Waals surface area (Å²) in [4.78, 5) is 20.7. The molecule has 3 fully saturated rings. The average molecular weight is 346 g/mol. The van der Waals surface area contributed by atoms with Crippen molar-refractivity contribution in [1.82, 2.24) is 19.9 Å². The van der Waals surface area contributed by atoms with Crippen molar-refractivity contribution in [2.45, 2.75) is 18.4 Å². The molecule has 2 bridgehead atoms. The molecule has 6 rings (SSSR count). The van der Waals surface area contributed by atoms with Crippen molar-refractivity contribution in [1.29, 1.82) is 0 Å². The van der Waals surface area contributed by atoms with Crippen molar-refractivity contribution in [3.63, 3.8) is 0 Å². The Kier molecular flexibility index (Phi) is 3.14.